The number of hydrogen-bond donors (Lipinski definition) is 1. The molecule has 0 aromatic carbocycles. The summed E-state index contributed by atoms with van der Waals surface area (Å²) in [6.45, 7) is 7.60. The number of anilines is 2. The van der Waals surface area contributed by atoms with E-state index in [2.05, 4.69) is 43.0 Å². The second kappa shape index (κ2) is 6.33. The molecular formula is C12H19BrN4O. The number of nitrogens with zero attached hydrogens (tertiary/aromatic N) is 3. The quantitative estimate of drug-likeness (QED) is 0.927. The minimum atomic E-state index is 0.233. The van der Waals surface area contributed by atoms with Gasteiger partial charge in [0.15, 0.2) is 0 Å². The first-order valence-corrected chi connectivity index (χ1v) is 7.13. The van der Waals surface area contributed by atoms with Crippen molar-refractivity contribution in [3.8, 4) is 0 Å². The van der Waals surface area contributed by atoms with Gasteiger partial charge in [-0.2, -0.15) is 4.98 Å². The van der Waals surface area contributed by atoms with E-state index in [1.165, 1.54) is 0 Å². The van der Waals surface area contributed by atoms with Crippen molar-refractivity contribution in [3.63, 3.8) is 0 Å². The molecule has 1 aromatic rings. The molecule has 0 amide bonds. The molecule has 1 aliphatic heterocycles. The first kappa shape index (κ1) is 13.5. The molecule has 2 heterocycles. The third kappa shape index (κ3) is 3.32. The van der Waals surface area contributed by atoms with Crippen LogP contribution < -0.4 is 10.2 Å². The Bertz CT molecular complexity index is 402. The van der Waals surface area contributed by atoms with Crippen LogP contribution >= 0.6 is 15.9 Å². The molecular weight excluding hydrogens is 296 g/mol. The smallest absolute Gasteiger partial charge is 0.224 e. The van der Waals surface area contributed by atoms with Gasteiger partial charge in [-0.25, -0.2) is 4.98 Å². The van der Waals surface area contributed by atoms with Gasteiger partial charge in [0.05, 0.1) is 10.6 Å². The Balaban J connectivity index is 2.21. The molecule has 1 aromatic heterocycles. The second-order valence-corrected chi connectivity index (χ2v) is 5.23. The molecule has 1 atom stereocenters. The number of hydrogen-bond acceptors (Lipinski definition) is 5. The Morgan fingerprint density at radius 1 is 1.61 bits per heavy atom. The summed E-state index contributed by atoms with van der Waals surface area (Å²) in [6.07, 6.45) is 3.06. The van der Waals surface area contributed by atoms with E-state index >= 15 is 0 Å². The monoisotopic (exact) mass is 314 g/mol. The summed E-state index contributed by atoms with van der Waals surface area (Å²) < 4.78 is 6.59. The predicted molar refractivity (Wildman–Crippen MR) is 76.1 cm³/mol. The van der Waals surface area contributed by atoms with Crippen molar-refractivity contribution in [2.45, 2.75) is 26.4 Å². The first-order valence-electron chi connectivity index (χ1n) is 6.33. The fraction of sp³-hybridized carbons (Fsp3) is 0.667. The zero-order valence-corrected chi connectivity index (χ0v) is 12.4. The van der Waals surface area contributed by atoms with E-state index in [4.69, 9.17) is 4.74 Å². The van der Waals surface area contributed by atoms with Crippen molar-refractivity contribution in [3.05, 3.63) is 10.7 Å². The lowest BCUT2D eigenvalue weighted by molar-refractivity contribution is 0.0820. The van der Waals surface area contributed by atoms with Gasteiger partial charge < -0.3 is 15.0 Å². The molecule has 0 saturated carbocycles. The van der Waals surface area contributed by atoms with Crippen molar-refractivity contribution in [2.75, 3.05) is 36.5 Å². The highest BCUT2D eigenvalue weighted by Crippen LogP contribution is 2.25. The number of halogens is 1. The molecule has 0 bridgehead atoms. The normalized spacial score (nSPS) is 20.6. The summed E-state index contributed by atoms with van der Waals surface area (Å²) in [6, 6.07) is 0. The van der Waals surface area contributed by atoms with Crippen LogP contribution in [0.1, 0.15) is 20.3 Å². The third-order valence-corrected chi connectivity index (χ3v) is 3.37. The zero-order chi connectivity index (χ0) is 13.0. The van der Waals surface area contributed by atoms with Crippen LogP contribution in [0.25, 0.3) is 0 Å². The maximum absolute atomic E-state index is 5.66. The van der Waals surface area contributed by atoms with Crippen molar-refractivity contribution in [1.82, 2.24) is 9.97 Å². The average Bonchev–Trinajstić information content (AvgIpc) is 2.57. The standard InChI is InChI=1S/C12H19BrN4O/c1-3-14-12-15-7-10(13)11(16-12)17-5-4-6-18-9(2)8-17/h7,9H,3-6,8H2,1-2H3,(H,14,15,16). The van der Waals surface area contributed by atoms with E-state index in [1.807, 2.05) is 6.92 Å². The Kier molecular flexibility index (Phi) is 4.77. The highest BCUT2D eigenvalue weighted by molar-refractivity contribution is 9.10. The first-order chi connectivity index (χ1) is 8.70. The van der Waals surface area contributed by atoms with Crippen LogP contribution in [-0.2, 0) is 4.74 Å². The van der Waals surface area contributed by atoms with E-state index in [0.29, 0.717) is 5.95 Å². The van der Waals surface area contributed by atoms with Crippen molar-refractivity contribution >= 4 is 27.7 Å². The molecule has 1 saturated heterocycles. The Hall–Kier alpha value is -0.880. The molecule has 5 nitrogen and oxygen atoms in total. The number of ether oxygens (including phenoxy) is 1. The summed E-state index contributed by atoms with van der Waals surface area (Å²) in [5, 5.41) is 3.14. The van der Waals surface area contributed by atoms with Crippen molar-refractivity contribution < 1.29 is 4.74 Å². The molecule has 100 valence electrons. The maximum atomic E-state index is 5.66. The van der Waals surface area contributed by atoms with Crippen molar-refractivity contribution in [2.24, 2.45) is 0 Å². The Morgan fingerprint density at radius 3 is 3.22 bits per heavy atom. The number of nitrogens with one attached hydrogen (secondary N) is 1. The molecule has 0 spiro atoms. The van der Waals surface area contributed by atoms with E-state index in [1.54, 1.807) is 6.20 Å². The van der Waals surface area contributed by atoms with Gasteiger partial charge in [0.2, 0.25) is 5.95 Å². The molecule has 2 rings (SSSR count). The van der Waals surface area contributed by atoms with E-state index in [-0.39, 0.29) is 6.10 Å². The Labute approximate surface area is 116 Å². The molecule has 1 N–H and O–H groups in total. The SMILES string of the molecule is CCNc1ncc(Br)c(N2CCCOC(C)C2)n1. The van der Waals surface area contributed by atoms with E-state index in [9.17, 15) is 0 Å². The summed E-state index contributed by atoms with van der Waals surface area (Å²) in [5.41, 5.74) is 0. The highest BCUT2D eigenvalue weighted by atomic mass is 79.9. The molecule has 0 radical (unpaired) electrons. The van der Waals surface area contributed by atoms with E-state index < -0.39 is 0 Å². The van der Waals surface area contributed by atoms with Gasteiger partial charge in [-0.3, -0.25) is 0 Å². The van der Waals surface area contributed by atoms with Crippen LogP contribution in [0.2, 0.25) is 0 Å². The topological polar surface area (TPSA) is 50.3 Å². The molecule has 0 aliphatic carbocycles. The maximum Gasteiger partial charge on any atom is 0.224 e. The lowest BCUT2D eigenvalue weighted by Crippen LogP contribution is -2.31. The van der Waals surface area contributed by atoms with Gasteiger partial charge in [-0.05, 0) is 36.2 Å². The number of aromatic nitrogens is 2. The molecule has 1 aliphatic rings. The van der Waals surface area contributed by atoms with Gasteiger partial charge in [0, 0.05) is 32.4 Å². The van der Waals surface area contributed by atoms with Crippen LogP contribution in [0.15, 0.2) is 10.7 Å². The fourth-order valence-corrected chi connectivity index (χ4v) is 2.45. The van der Waals surface area contributed by atoms with E-state index in [0.717, 1.165) is 43.0 Å². The molecule has 1 fully saturated rings. The van der Waals surface area contributed by atoms with Crippen LogP contribution in [0.5, 0.6) is 0 Å². The summed E-state index contributed by atoms with van der Waals surface area (Å²) in [7, 11) is 0. The van der Waals surface area contributed by atoms with Crippen LogP contribution in [-0.4, -0.2) is 42.3 Å². The highest BCUT2D eigenvalue weighted by Gasteiger charge is 2.19. The van der Waals surface area contributed by atoms with Crippen LogP contribution in [0.3, 0.4) is 0 Å². The summed E-state index contributed by atoms with van der Waals surface area (Å²) in [4.78, 5) is 11.1. The fourth-order valence-electron chi connectivity index (χ4n) is 2.01. The van der Waals surface area contributed by atoms with Gasteiger partial charge in [-0.1, -0.05) is 0 Å². The van der Waals surface area contributed by atoms with Crippen LogP contribution in [0, 0.1) is 0 Å². The molecule has 1 unspecified atom stereocenters. The molecule has 18 heavy (non-hydrogen) atoms. The minimum Gasteiger partial charge on any atom is -0.377 e. The van der Waals surface area contributed by atoms with Crippen LogP contribution in [0.4, 0.5) is 11.8 Å². The minimum absolute atomic E-state index is 0.233. The lowest BCUT2D eigenvalue weighted by Gasteiger charge is -2.24. The van der Waals surface area contributed by atoms with Gasteiger partial charge in [-0.15, -0.1) is 0 Å². The van der Waals surface area contributed by atoms with Gasteiger partial charge in [0.25, 0.3) is 0 Å². The Morgan fingerprint density at radius 2 is 2.44 bits per heavy atom. The van der Waals surface area contributed by atoms with Crippen molar-refractivity contribution in [1.29, 1.82) is 0 Å². The summed E-state index contributed by atoms with van der Waals surface area (Å²) in [5.74, 6) is 1.62. The van der Waals surface area contributed by atoms with Gasteiger partial charge in [0.1, 0.15) is 5.82 Å². The predicted octanol–water partition coefficient (Wildman–Crippen LogP) is 2.29. The number of rotatable bonds is 3. The van der Waals surface area contributed by atoms with Gasteiger partial charge >= 0.3 is 0 Å². The lowest BCUT2D eigenvalue weighted by atomic mass is 10.3. The largest absolute Gasteiger partial charge is 0.377 e. The summed E-state index contributed by atoms with van der Waals surface area (Å²) >= 11 is 3.53. The third-order valence-electron chi connectivity index (χ3n) is 2.81. The molecule has 6 heteroatoms. The average molecular weight is 315 g/mol. The zero-order valence-electron chi connectivity index (χ0n) is 10.8. The second-order valence-electron chi connectivity index (χ2n) is 4.38.